The van der Waals surface area contributed by atoms with E-state index in [1.807, 2.05) is 0 Å². The molecule has 1 aliphatic heterocycles. The SMILES string of the molecule is Cc1ccc(C)c(OCC2(CBr)CCOCC2)c1C. The third kappa shape index (κ3) is 3.32. The van der Waals surface area contributed by atoms with E-state index in [-0.39, 0.29) is 5.41 Å². The van der Waals surface area contributed by atoms with E-state index in [0.717, 1.165) is 43.7 Å². The Morgan fingerprint density at radius 3 is 2.42 bits per heavy atom. The van der Waals surface area contributed by atoms with E-state index in [4.69, 9.17) is 9.47 Å². The molecule has 0 unspecified atom stereocenters. The summed E-state index contributed by atoms with van der Waals surface area (Å²) in [5.41, 5.74) is 4.00. The molecule has 0 spiro atoms. The largest absolute Gasteiger partial charge is 0.492 e. The summed E-state index contributed by atoms with van der Waals surface area (Å²) in [5.74, 6) is 1.06. The van der Waals surface area contributed by atoms with Crippen molar-refractivity contribution in [3.63, 3.8) is 0 Å². The first-order valence-corrected chi connectivity index (χ1v) is 8.03. The Morgan fingerprint density at radius 2 is 1.79 bits per heavy atom. The lowest BCUT2D eigenvalue weighted by Gasteiger charge is -2.35. The molecule has 1 heterocycles. The van der Waals surface area contributed by atoms with Crippen molar-refractivity contribution in [2.45, 2.75) is 33.6 Å². The van der Waals surface area contributed by atoms with Gasteiger partial charge in [0.15, 0.2) is 0 Å². The van der Waals surface area contributed by atoms with Crippen LogP contribution in [0.25, 0.3) is 0 Å². The molecule has 1 saturated heterocycles. The Hall–Kier alpha value is -0.540. The smallest absolute Gasteiger partial charge is 0.125 e. The van der Waals surface area contributed by atoms with Gasteiger partial charge in [-0.1, -0.05) is 28.1 Å². The summed E-state index contributed by atoms with van der Waals surface area (Å²) in [6.07, 6.45) is 2.14. The van der Waals surface area contributed by atoms with Gasteiger partial charge >= 0.3 is 0 Å². The second kappa shape index (κ2) is 6.27. The minimum absolute atomic E-state index is 0.223. The van der Waals surface area contributed by atoms with Gasteiger partial charge in [-0.3, -0.25) is 0 Å². The number of hydrogen-bond acceptors (Lipinski definition) is 2. The number of ether oxygens (including phenoxy) is 2. The summed E-state index contributed by atoms with van der Waals surface area (Å²) < 4.78 is 11.7. The molecule has 0 bridgehead atoms. The van der Waals surface area contributed by atoms with Crippen molar-refractivity contribution >= 4 is 15.9 Å². The van der Waals surface area contributed by atoms with Crippen LogP contribution >= 0.6 is 15.9 Å². The van der Waals surface area contributed by atoms with Gasteiger partial charge in [0, 0.05) is 24.0 Å². The van der Waals surface area contributed by atoms with Crippen molar-refractivity contribution in [1.82, 2.24) is 0 Å². The molecular weight excluding hydrogens is 304 g/mol. The van der Waals surface area contributed by atoms with Crippen molar-refractivity contribution < 1.29 is 9.47 Å². The molecule has 106 valence electrons. The van der Waals surface area contributed by atoms with Crippen LogP contribution in [0.3, 0.4) is 0 Å². The number of rotatable bonds is 4. The van der Waals surface area contributed by atoms with E-state index < -0.39 is 0 Å². The minimum Gasteiger partial charge on any atom is -0.492 e. The summed E-state index contributed by atoms with van der Waals surface area (Å²) >= 11 is 3.66. The van der Waals surface area contributed by atoms with Crippen LogP contribution in [0.1, 0.15) is 29.5 Å². The fraction of sp³-hybridized carbons (Fsp3) is 0.625. The minimum atomic E-state index is 0.223. The summed E-state index contributed by atoms with van der Waals surface area (Å²) in [6.45, 7) is 8.86. The van der Waals surface area contributed by atoms with Gasteiger partial charge in [0.2, 0.25) is 0 Å². The second-order valence-corrected chi connectivity index (χ2v) is 6.25. The quantitative estimate of drug-likeness (QED) is 0.772. The fourth-order valence-electron chi connectivity index (χ4n) is 2.49. The average Bonchev–Trinajstić information content (AvgIpc) is 2.44. The van der Waals surface area contributed by atoms with Gasteiger partial charge in [-0.05, 0) is 50.3 Å². The second-order valence-electron chi connectivity index (χ2n) is 5.69. The van der Waals surface area contributed by atoms with Crippen molar-refractivity contribution in [3.8, 4) is 5.75 Å². The van der Waals surface area contributed by atoms with Crippen LogP contribution in [0.2, 0.25) is 0 Å². The maximum Gasteiger partial charge on any atom is 0.125 e. The van der Waals surface area contributed by atoms with E-state index in [1.54, 1.807) is 0 Å². The normalized spacial score (nSPS) is 18.3. The molecule has 0 N–H and O–H groups in total. The third-order valence-electron chi connectivity index (χ3n) is 4.23. The number of alkyl halides is 1. The molecule has 0 saturated carbocycles. The summed E-state index contributed by atoms with van der Waals surface area (Å²) in [4.78, 5) is 0. The zero-order valence-electron chi connectivity index (χ0n) is 12.1. The maximum atomic E-state index is 6.20. The molecule has 3 heteroatoms. The molecule has 0 amide bonds. The molecule has 1 aromatic carbocycles. The molecule has 1 fully saturated rings. The molecule has 0 aliphatic carbocycles. The highest BCUT2D eigenvalue weighted by Crippen LogP contribution is 2.35. The predicted octanol–water partition coefficient (Wildman–Crippen LogP) is 4.18. The van der Waals surface area contributed by atoms with Crippen LogP contribution in [0.15, 0.2) is 12.1 Å². The van der Waals surface area contributed by atoms with Gasteiger partial charge < -0.3 is 9.47 Å². The van der Waals surface area contributed by atoms with Crippen LogP contribution in [0, 0.1) is 26.2 Å². The summed E-state index contributed by atoms with van der Waals surface area (Å²) in [7, 11) is 0. The van der Waals surface area contributed by atoms with Gasteiger partial charge in [0.25, 0.3) is 0 Å². The Morgan fingerprint density at radius 1 is 1.16 bits per heavy atom. The average molecular weight is 327 g/mol. The fourth-order valence-corrected chi connectivity index (χ4v) is 3.22. The van der Waals surface area contributed by atoms with Gasteiger partial charge in [-0.2, -0.15) is 0 Å². The molecule has 2 nitrogen and oxygen atoms in total. The number of aryl methyl sites for hydroxylation is 2. The van der Waals surface area contributed by atoms with E-state index in [2.05, 4.69) is 48.8 Å². The molecule has 19 heavy (non-hydrogen) atoms. The Balaban J connectivity index is 2.11. The van der Waals surface area contributed by atoms with E-state index in [9.17, 15) is 0 Å². The first-order valence-electron chi connectivity index (χ1n) is 6.91. The highest BCUT2D eigenvalue weighted by atomic mass is 79.9. The van der Waals surface area contributed by atoms with Crippen LogP contribution in [0.4, 0.5) is 0 Å². The molecule has 1 aliphatic rings. The van der Waals surface area contributed by atoms with Gasteiger partial charge in [-0.25, -0.2) is 0 Å². The van der Waals surface area contributed by atoms with Crippen LogP contribution in [0.5, 0.6) is 5.75 Å². The molecule has 0 atom stereocenters. The lowest BCUT2D eigenvalue weighted by Crippen LogP contribution is -2.36. The predicted molar refractivity (Wildman–Crippen MR) is 82.4 cm³/mol. The highest BCUT2D eigenvalue weighted by molar-refractivity contribution is 9.09. The van der Waals surface area contributed by atoms with Gasteiger partial charge in [-0.15, -0.1) is 0 Å². The standard InChI is InChI=1S/C16H23BrO2/c1-12-4-5-13(2)15(14(12)3)19-11-16(10-17)6-8-18-9-7-16/h4-5H,6-11H2,1-3H3. The number of hydrogen-bond donors (Lipinski definition) is 0. The van der Waals surface area contributed by atoms with Gasteiger partial charge in [0.05, 0.1) is 6.61 Å². The van der Waals surface area contributed by atoms with Crippen LogP contribution in [-0.4, -0.2) is 25.2 Å². The maximum absolute atomic E-state index is 6.20. The first-order chi connectivity index (χ1) is 9.08. The zero-order valence-corrected chi connectivity index (χ0v) is 13.7. The highest BCUT2D eigenvalue weighted by Gasteiger charge is 2.32. The summed E-state index contributed by atoms with van der Waals surface area (Å²) in [5, 5.41) is 0.979. The Bertz CT molecular complexity index is 437. The van der Waals surface area contributed by atoms with Crippen LogP contribution in [-0.2, 0) is 4.74 Å². The molecule has 0 radical (unpaired) electrons. The number of halogens is 1. The Kier molecular flexibility index (Phi) is 4.91. The third-order valence-corrected chi connectivity index (χ3v) is 5.42. The molecular formula is C16H23BrO2. The zero-order chi connectivity index (χ0) is 13.9. The van der Waals surface area contributed by atoms with E-state index in [1.165, 1.54) is 16.7 Å². The lowest BCUT2D eigenvalue weighted by molar-refractivity contribution is 0.00331. The van der Waals surface area contributed by atoms with Crippen molar-refractivity contribution in [2.24, 2.45) is 5.41 Å². The van der Waals surface area contributed by atoms with E-state index >= 15 is 0 Å². The first kappa shape index (κ1) is 14.9. The monoisotopic (exact) mass is 326 g/mol. The molecule has 0 aromatic heterocycles. The van der Waals surface area contributed by atoms with Crippen molar-refractivity contribution in [3.05, 3.63) is 28.8 Å². The lowest BCUT2D eigenvalue weighted by atomic mass is 9.83. The van der Waals surface area contributed by atoms with Crippen molar-refractivity contribution in [1.29, 1.82) is 0 Å². The van der Waals surface area contributed by atoms with E-state index in [0.29, 0.717) is 0 Å². The summed E-state index contributed by atoms with van der Waals surface area (Å²) in [6, 6.07) is 4.30. The Labute approximate surface area is 124 Å². The van der Waals surface area contributed by atoms with Crippen LogP contribution < -0.4 is 4.74 Å². The molecule has 2 rings (SSSR count). The van der Waals surface area contributed by atoms with Crippen molar-refractivity contribution in [2.75, 3.05) is 25.2 Å². The van der Waals surface area contributed by atoms with Gasteiger partial charge in [0.1, 0.15) is 5.75 Å². The number of benzene rings is 1. The topological polar surface area (TPSA) is 18.5 Å². The molecule has 1 aromatic rings.